The molecule has 3 atom stereocenters. The van der Waals surface area contributed by atoms with E-state index in [1.54, 1.807) is 0 Å². The summed E-state index contributed by atoms with van der Waals surface area (Å²) in [6.45, 7) is 0.105. The van der Waals surface area contributed by atoms with E-state index in [1.807, 2.05) is 36.4 Å². The third-order valence-corrected chi connectivity index (χ3v) is 7.71. The first-order valence-corrected chi connectivity index (χ1v) is 12.6. The maximum absolute atomic E-state index is 13.0. The van der Waals surface area contributed by atoms with E-state index in [9.17, 15) is 19.5 Å². The Balaban J connectivity index is 1.22. The number of benzene rings is 2. The van der Waals surface area contributed by atoms with Crippen molar-refractivity contribution in [3.63, 3.8) is 0 Å². The Morgan fingerprint density at radius 3 is 2.17 bits per heavy atom. The van der Waals surface area contributed by atoms with E-state index >= 15 is 0 Å². The number of hydrogen-bond donors (Lipinski definition) is 3. The van der Waals surface area contributed by atoms with E-state index in [4.69, 9.17) is 4.74 Å². The summed E-state index contributed by atoms with van der Waals surface area (Å²) in [6, 6.07) is 14.9. The Labute approximate surface area is 205 Å². The molecule has 3 aliphatic carbocycles. The van der Waals surface area contributed by atoms with Crippen LogP contribution < -0.4 is 10.6 Å². The predicted octanol–water partition coefficient (Wildman–Crippen LogP) is 4.45. The number of amides is 2. The van der Waals surface area contributed by atoms with Gasteiger partial charge in [0.15, 0.2) is 0 Å². The number of alkyl carbamates (subject to hydrolysis) is 1. The third kappa shape index (κ3) is 5.19. The van der Waals surface area contributed by atoms with E-state index in [1.165, 1.54) is 19.3 Å². The van der Waals surface area contributed by atoms with E-state index < -0.39 is 30.4 Å². The van der Waals surface area contributed by atoms with Crippen molar-refractivity contribution in [2.24, 2.45) is 11.8 Å². The number of aliphatic carboxylic acids is 1. The van der Waals surface area contributed by atoms with Gasteiger partial charge in [-0.3, -0.25) is 9.59 Å². The molecular weight excluding hydrogens is 444 g/mol. The van der Waals surface area contributed by atoms with Crippen LogP contribution in [0, 0.1) is 11.8 Å². The van der Waals surface area contributed by atoms with Gasteiger partial charge < -0.3 is 20.5 Å². The molecule has 35 heavy (non-hydrogen) atoms. The number of carbonyl (C=O) groups is 3. The van der Waals surface area contributed by atoms with Crippen molar-refractivity contribution in [2.45, 2.75) is 62.9 Å². The number of fused-ring (bicyclic) bond motifs is 3. The van der Waals surface area contributed by atoms with Gasteiger partial charge in [-0.05, 0) is 59.8 Å². The van der Waals surface area contributed by atoms with Crippen LogP contribution in [-0.4, -0.2) is 41.8 Å². The minimum atomic E-state index is -1.18. The number of hydrogen-bond acceptors (Lipinski definition) is 4. The molecule has 7 nitrogen and oxygen atoms in total. The Bertz CT molecular complexity index is 1070. The standard InChI is InChI=1S/C28H32N2O5/c31-26(32)15-25(27(33)29-24-12-6-5-7-18(24)17-13-14-17)30-28(34)35-16-23-21-10-3-1-8-19(21)20-9-2-4-11-22(20)23/h1-4,8-11,17-18,23-25H,5-7,12-16H2,(H,29,33)(H,30,34)(H,31,32). The predicted molar refractivity (Wildman–Crippen MR) is 131 cm³/mol. The summed E-state index contributed by atoms with van der Waals surface area (Å²) in [5.74, 6) is -0.590. The molecule has 2 saturated carbocycles. The summed E-state index contributed by atoms with van der Waals surface area (Å²) in [7, 11) is 0. The van der Waals surface area contributed by atoms with Gasteiger partial charge in [0.25, 0.3) is 0 Å². The molecule has 0 radical (unpaired) electrons. The van der Waals surface area contributed by atoms with Crippen molar-refractivity contribution in [2.75, 3.05) is 6.61 Å². The highest BCUT2D eigenvalue weighted by Crippen LogP contribution is 2.45. The van der Waals surface area contributed by atoms with Gasteiger partial charge in [-0.15, -0.1) is 0 Å². The zero-order chi connectivity index (χ0) is 24.4. The lowest BCUT2D eigenvalue weighted by Crippen LogP contribution is -2.53. The van der Waals surface area contributed by atoms with Crippen LogP contribution >= 0.6 is 0 Å². The van der Waals surface area contributed by atoms with Crippen molar-refractivity contribution in [1.29, 1.82) is 0 Å². The second kappa shape index (κ2) is 10.1. The fourth-order valence-corrected chi connectivity index (χ4v) is 5.88. The first kappa shape index (κ1) is 23.4. The summed E-state index contributed by atoms with van der Waals surface area (Å²) in [5, 5.41) is 14.9. The van der Waals surface area contributed by atoms with Crippen LogP contribution in [0.2, 0.25) is 0 Å². The summed E-state index contributed by atoms with van der Waals surface area (Å²) in [5.41, 5.74) is 4.42. The van der Waals surface area contributed by atoms with Gasteiger partial charge in [0.1, 0.15) is 12.6 Å². The van der Waals surface area contributed by atoms with Gasteiger partial charge in [-0.2, -0.15) is 0 Å². The zero-order valence-corrected chi connectivity index (χ0v) is 19.7. The number of rotatable bonds is 8. The zero-order valence-electron chi connectivity index (χ0n) is 19.7. The lowest BCUT2D eigenvalue weighted by Gasteiger charge is -2.33. The minimum Gasteiger partial charge on any atom is -0.481 e. The number of carbonyl (C=O) groups excluding carboxylic acids is 2. The molecule has 2 aromatic carbocycles. The van der Waals surface area contributed by atoms with Crippen molar-refractivity contribution < 1.29 is 24.2 Å². The molecule has 3 aliphatic rings. The van der Waals surface area contributed by atoms with Gasteiger partial charge in [0.05, 0.1) is 6.42 Å². The fraction of sp³-hybridized carbons (Fsp3) is 0.464. The highest BCUT2D eigenvalue weighted by atomic mass is 16.5. The van der Waals surface area contributed by atoms with Crippen molar-refractivity contribution in [3.8, 4) is 11.1 Å². The molecule has 3 unspecified atom stereocenters. The van der Waals surface area contributed by atoms with Crippen molar-refractivity contribution in [3.05, 3.63) is 59.7 Å². The summed E-state index contributed by atoms with van der Waals surface area (Å²) < 4.78 is 5.54. The van der Waals surface area contributed by atoms with Crippen molar-refractivity contribution in [1.82, 2.24) is 10.6 Å². The molecule has 5 rings (SSSR count). The highest BCUT2D eigenvalue weighted by molar-refractivity contribution is 5.89. The number of ether oxygens (including phenoxy) is 1. The Kier molecular flexibility index (Phi) is 6.75. The summed E-state index contributed by atoms with van der Waals surface area (Å²) in [6.07, 6.45) is 5.35. The summed E-state index contributed by atoms with van der Waals surface area (Å²) in [4.78, 5) is 37.1. The van der Waals surface area contributed by atoms with Gasteiger partial charge in [0.2, 0.25) is 5.91 Å². The quantitative estimate of drug-likeness (QED) is 0.522. The Morgan fingerprint density at radius 2 is 1.54 bits per heavy atom. The summed E-state index contributed by atoms with van der Waals surface area (Å²) >= 11 is 0. The average molecular weight is 477 g/mol. The first-order chi connectivity index (χ1) is 17.0. The molecule has 184 valence electrons. The SMILES string of the molecule is O=C(O)CC(NC(=O)OCC1c2ccccc2-c2ccccc21)C(=O)NC1CCCCC1C1CC1. The lowest BCUT2D eigenvalue weighted by molar-refractivity contribution is -0.140. The maximum Gasteiger partial charge on any atom is 0.407 e. The minimum absolute atomic E-state index is 0.0457. The van der Waals surface area contributed by atoms with Gasteiger partial charge in [-0.25, -0.2) is 4.79 Å². The topological polar surface area (TPSA) is 105 Å². The van der Waals surface area contributed by atoms with Crippen LogP contribution in [0.4, 0.5) is 4.79 Å². The van der Waals surface area contributed by atoms with E-state index in [-0.39, 0.29) is 18.6 Å². The second-order valence-corrected chi connectivity index (χ2v) is 10.0. The molecule has 2 aromatic rings. The van der Waals surface area contributed by atoms with E-state index in [0.29, 0.717) is 11.8 Å². The third-order valence-electron chi connectivity index (χ3n) is 7.71. The molecule has 0 aromatic heterocycles. The van der Waals surface area contributed by atoms with Crippen LogP contribution in [-0.2, 0) is 14.3 Å². The Hall–Kier alpha value is -3.35. The molecule has 0 aliphatic heterocycles. The normalized spacial score (nSPS) is 21.9. The molecule has 2 fully saturated rings. The molecule has 0 spiro atoms. The average Bonchev–Trinajstić information content (AvgIpc) is 3.65. The largest absolute Gasteiger partial charge is 0.481 e. The van der Waals surface area contributed by atoms with Crippen LogP contribution in [0.15, 0.2) is 48.5 Å². The van der Waals surface area contributed by atoms with Crippen LogP contribution in [0.3, 0.4) is 0 Å². The number of nitrogens with one attached hydrogen (secondary N) is 2. The van der Waals surface area contributed by atoms with Crippen molar-refractivity contribution >= 4 is 18.0 Å². The van der Waals surface area contributed by atoms with Gasteiger partial charge in [-0.1, -0.05) is 61.4 Å². The number of carboxylic acid groups (broad SMARTS) is 1. The van der Waals surface area contributed by atoms with Crippen LogP contribution in [0.5, 0.6) is 0 Å². The molecule has 0 heterocycles. The molecule has 2 amide bonds. The molecule has 3 N–H and O–H groups in total. The fourth-order valence-electron chi connectivity index (χ4n) is 5.88. The van der Waals surface area contributed by atoms with E-state index in [0.717, 1.165) is 41.5 Å². The Morgan fingerprint density at radius 1 is 0.914 bits per heavy atom. The first-order valence-electron chi connectivity index (χ1n) is 12.6. The van der Waals surface area contributed by atoms with E-state index in [2.05, 4.69) is 22.8 Å². The number of carboxylic acids is 1. The molecule has 0 bridgehead atoms. The van der Waals surface area contributed by atoms with Gasteiger partial charge in [0, 0.05) is 12.0 Å². The van der Waals surface area contributed by atoms with Crippen LogP contribution in [0.1, 0.15) is 62.0 Å². The van der Waals surface area contributed by atoms with Gasteiger partial charge >= 0.3 is 12.1 Å². The molecule has 0 saturated heterocycles. The smallest absolute Gasteiger partial charge is 0.407 e. The molecule has 7 heteroatoms. The maximum atomic E-state index is 13.0. The lowest BCUT2D eigenvalue weighted by atomic mass is 9.81. The molecular formula is C28H32N2O5. The monoisotopic (exact) mass is 476 g/mol. The highest BCUT2D eigenvalue weighted by Gasteiger charge is 2.39. The second-order valence-electron chi connectivity index (χ2n) is 10.0. The van der Waals surface area contributed by atoms with Crippen LogP contribution in [0.25, 0.3) is 11.1 Å².